The second kappa shape index (κ2) is 7.03. The van der Waals surface area contributed by atoms with Gasteiger partial charge in [-0.1, -0.05) is 60.7 Å². The number of aliphatic hydroxyl groups excluding tert-OH is 1. The molecule has 2 heterocycles. The lowest BCUT2D eigenvalue weighted by Gasteiger charge is -2.39. The van der Waals surface area contributed by atoms with Crippen LogP contribution in [-0.2, 0) is 22.6 Å². The Labute approximate surface area is 142 Å². The summed E-state index contributed by atoms with van der Waals surface area (Å²) >= 11 is 0. The van der Waals surface area contributed by atoms with Crippen LogP contribution in [0.5, 0.6) is 0 Å². The zero-order valence-electron chi connectivity index (χ0n) is 13.6. The zero-order valence-corrected chi connectivity index (χ0v) is 13.6. The molecular weight excluding hydrogens is 302 g/mol. The maximum atomic E-state index is 10.6. The van der Waals surface area contributed by atoms with Crippen LogP contribution in [-0.4, -0.2) is 47.5 Å². The van der Waals surface area contributed by atoms with Gasteiger partial charge < -0.3 is 14.6 Å². The lowest BCUT2D eigenvalue weighted by molar-refractivity contribution is -0.117. The number of hydrogen-bond acceptors (Lipinski definition) is 4. The van der Waals surface area contributed by atoms with E-state index in [0.29, 0.717) is 13.2 Å². The van der Waals surface area contributed by atoms with Crippen molar-refractivity contribution < 1.29 is 14.6 Å². The Kier molecular flexibility index (Phi) is 4.63. The summed E-state index contributed by atoms with van der Waals surface area (Å²) in [5.41, 5.74) is 2.39. The van der Waals surface area contributed by atoms with Gasteiger partial charge in [0.15, 0.2) is 0 Å². The lowest BCUT2D eigenvalue weighted by atomic mass is 9.96. The first-order valence-electron chi connectivity index (χ1n) is 8.54. The molecule has 1 N–H and O–H groups in total. The molecule has 0 saturated carbocycles. The number of benzene rings is 2. The standard InChI is InChI=1S/C20H23NO3/c22-19-17-14-24-20(19)18(23-13-16-9-5-2-6-10-16)12-21(17)11-15-7-3-1-4-8-15/h1-10,17-20,22H,11-14H2/t17-,18+,19+,20-/m1/s1. The molecule has 0 spiro atoms. The molecule has 4 rings (SSSR count). The Morgan fingerprint density at radius 1 is 1.00 bits per heavy atom. The minimum atomic E-state index is -0.483. The van der Waals surface area contributed by atoms with Crippen LogP contribution in [0.2, 0.25) is 0 Å². The average molecular weight is 325 g/mol. The molecule has 2 aliphatic heterocycles. The maximum absolute atomic E-state index is 10.6. The summed E-state index contributed by atoms with van der Waals surface area (Å²) in [7, 11) is 0. The zero-order chi connectivity index (χ0) is 16.4. The molecule has 2 fully saturated rings. The Bertz CT molecular complexity index is 648. The van der Waals surface area contributed by atoms with Crippen molar-refractivity contribution in [3.8, 4) is 0 Å². The number of likely N-dealkylation sites (tertiary alicyclic amines) is 1. The maximum Gasteiger partial charge on any atom is 0.112 e. The fourth-order valence-electron chi connectivity index (χ4n) is 3.67. The van der Waals surface area contributed by atoms with Crippen LogP contribution in [0.1, 0.15) is 11.1 Å². The van der Waals surface area contributed by atoms with E-state index in [4.69, 9.17) is 9.47 Å². The van der Waals surface area contributed by atoms with Gasteiger partial charge in [-0.3, -0.25) is 4.90 Å². The van der Waals surface area contributed by atoms with Crippen molar-refractivity contribution in [3.63, 3.8) is 0 Å². The molecule has 2 aromatic carbocycles. The van der Waals surface area contributed by atoms with E-state index in [1.54, 1.807) is 0 Å². The molecule has 4 nitrogen and oxygen atoms in total. The molecule has 0 amide bonds. The van der Waals surface area contributed by atoms with E-state index in [1.165, 1.54) is 5.56 Å². The highest BCUT2D eigenvalue weighted by atomic mass is 16.6. The fraction of sp³-hybridized carbons (Fsp3) is 0.400. The van der Waals surface area contributed by atoms with Crippen LogP contribution in [0, 0.1) is 0 Å². The van der Waals surface area contributed by atoms with Gasteiger partial charge in [0.2, 0.25) is 0 Å². The van der Waals surface area contributed by atoms with E-state index in [0.717, 1.165) is 18.7 Å². The Morgan fingerprint density at radius 2 is 1.67 bits per heavy atom. The average Bonchev–Trinajstić information content (AvgIpc) is 2.90. The first-order valence-corrected chi connectivity index (χ1v) is 8.54. The number of nitrogens with zero attached hydrogens (tertiary/aromatic N) is 1. The molecular formula is C20H23NO3. The van der Waals surface area contributed by atoms with Crippen molar-refractivity contribution in [2.45, 2.75) is 37.5 Å². The third-order valence-corrected chi connectivity index (χ3v) is 4.98. The largest absolute Gasteiger partial charge is 0.389 e. The summed E-state index contributed by atoms with van der Waals surface area (Å²) in [5, 5.41) is 10.6. The lowest BCUT2D eigenvalue weighted by Crippen LogP contribution is -2.57. The Morgan fingerprint density at radius 3 is 2.38 bits per heavy atom. The van der Waals surface area contributed by atoms with Crippen molar-refractivity contribution in [1.29, 1.82) is 0 Å². The molecule has 0 radical (unpaired) electrons. The molecule has 2 bridgehead atoms. The third kappa shape index (κ3) is 3.23. The number of ether oxygens (including phenoxy) is 2. The second-order valence-electron chi connectivity index (χ2n) is 6.61. The van der Waals surface area contributed by atoms with Gasteiger partial charge in [0.25, 0.3) is 0 Å². The highest BCUT2D eigenvalue weighted by Gasteiger charge is 2.49. The Balaban J connectivity index is 1.44. The topological polar surface area (TPSA) is 41.9 Å². The predicted molar refractivity (Wildman–Crippen MR) is 91.4 cm³/mol. The van der Waals surface area contributed by atoms with E-state index in [9.17, 15) is 5.11 Å². The molecule has 0 unspecified atom stereocenters. The summed E-state index contributed by atoms with van der Waals surface area (Å²) in [6.07, 6.45) is -0.809. The summed E-state index contributed by atoms with van der Waals surface area (Å²) in [6, 6.07) is 20.6. The molecule has 126 valence electrons. The minimum absolute atomic E-state index is 0.0618. The van der Waals surface area contributed by atoms with Crippen molar-refractivity contribution in [2.75, 3.05) is 13.2 Å². The molecule has 0 aliphatic carbocycles. The summed E-state index contributed by atoms with van der Waals surface area (Å²) in [5.74, 6) is 0. The summed E-state index contributed by atoms with van der Waals surface area (Å²) < 4.78 is 12.0. The van der Waals surface area contributed by atoms with E-state index < -0.39 is 6.10 Å². The van der Waals surface area contributed by atoms with Crippen LogP contribution < -0.4 is 0 Å². The van der Waals surface area contributed by atoms with E-state index >= 15 is 0 Å². The van der Waals surface area contributed by atoms with Crippen molar-refractivity contribution >= 4 is 0 Å². The van der Waals surface area contributed by atoms with Gasteiger partial charge in [-0.15, -0.1) is 0 Å². The number of fused-ring (bicyclic) bond motifs is 2. The Hall–Kier alpha value is -1.72. The van der Waals surface area contributed by atoms with Gasteiger partial charge in [-0.05, 0) is 11.1 Å². The molecule has 4 atom stereocenters. The number of hydrogen-bond donors (Lipinski definition) is 1. The molecule has 24 heavy (non-hydrogen) atoms. The molecule has 2 aromatic rings. The van der Waals surface area contributed by atoms with Gasteiger partial charge in [0.1, 0.15) is 12.2 Å². The van der Waals surface area contributed by atoms with Crippen molar-refractivity contribution in [1.82, 2.24) is 4.90 Å². The molecule has 4 heteroatoms. The summed E-state index contributed by atoms with van der Waals surface area (Å²) in [4.78, 5) is 2.29. The monoisotopic (exact) mass is 325 g/mol. The first-order chi connectivity index (χ1) is 11.8. The van der Waals surface area contributed by atoms with Crippen molar-refractivity contribution in [3.05, 3.63) is 71.8 Å². The molecule has 0 aromatic heterocycles. The fourth-order valence-corrected chi connectivity index (χ4v) is 3.67. The second-order valence-corrected chi connectivity index (χ2v) is 6.61. The van der Waals surface area contributed by atoms with Crippen LogP contribution >= 0.6 is 0 Å². The SMILES string of the molecule is O[C@@H]1[C@@H]2OC[C@H]1N(Cc1ccccc1)C[C@@H]2OCc1ccccc1. The molecule has 2 aliphatic rings. The predicted octanol–water partition coefficient (Wildman–Crippen LogP) is 2.22. The van der Waals surface area contributed by atoms with E-state index in [2.05, 4.69) is 29.2 Å². The highest BCUT2D eigenvalue weighted by molar-refractivity contribution is 5.16. The van der Waals surface area contributed by atoms with Gasteiger partial charge in [-0.25, -0.2) is 0 Å². The number of piperidine rings is 1. The highest BCUT2D eigenvalue weighted by Crippen LogP contribution is 2.31. The van der Waals surface area contributed by atoms with Crippen LogP contribution in [0.15, 0.2) is 60.7 Å². The number of rotatable bonds is 5. The van der Waals surface area contributed by atoms with Gasteiger partial charge >= 0.3 is 0 Å². The third-order valence-electron chi connectivity index (χ3n) is 4.98. The van der Waals surface area contributed by atoms with Crippen molar-refractivity contribution in [2.24, 2.45) is 0 Å². The van der Waals surface area contributed by atoms with E-state index in [1.807, 2.05) is 36.4 Å². The minimum Gasteiger partial charge on any atom is -0.389 e. The van der Waals surface area contributed by atoms with Gasteiger partial charge in [0, 0.05) is 13.1 Å². The first kappa shape index (κ1) is 15.8. The quantitative estimate of drug-likeness (QED) is 0.915. The van der Waals surface area contributed by atoms with Crippen LogP contribution in [0.3, 0.4) is 0 Å². The number of aliphatic hydroxyl groups is 1. The smallest absolute Gasteiger partial charge is 0.112 e. The normalized spacial score (nSPS) is 29.7. The van der Waals surface area contributed by atoms with Crippen LogP contribution in [0.4, 0.5) is 0 Å². The van der Waals surface area contributed by atoms with E-state index in [-0.39, 0.29) is 18.2 Å². The molecule has 2 saturated heterocycles. The van der Waals surface area contributed by atoms with Gasteiger partial charge in [-0.2, -0.15) is 0 Å². The van der Waals surface area contributed by atoms with Crippen LogP contribution in [0.25, 0.3) is 0 Å². The summed E-state index contributed by atoms with van der Waals surface area (Å²) in [6.45, 7) is 2.71. The van der Waals surface area contributed by atoms with Gasteiger partial charge in [0.05, 0.1) is 25.4 Å².